The minimum Gasteiger partial charge on any atom is -0.496 e. The van der Waals surface area contributed by atoms with Crippen LogP contribution in [0.3, 0.4) is 0 Å². The Labute approximate surface area is 143 Å². The maximum atomic E-state index is 6.24. The number of halogens is 1. The van der Waals surface area contributed by atoms with Crippen LogP contribution >= 0.6 is 11.6 Å². The Hall–Kier alpha value is -2.07. The van der Waals surface area contributed by atoms with Gasteiger partial charge in [-0.15, -0.1) is 0 Å². The third-order valence-electron chi connectivity index (χ3n) is 2.89. The van der Waals surface area contributed by atoms with E-state index in [0.717, 1.165) is 28.3 Å². The molecule has 0 unspecified atom stereocenters. The summed E-state index contributed by atoms with van der Waals surface area (Å²) in [6, 6.07) is 11.4. The van der Waals surface area contributed by atoms with Gasteiger partial charge < -0.3 is 4.74 Å². The van der Waals surface area contributed by atoms with E-state index >= 15 is 0 Å². The first kappa shape index (κ1) is 19.0. The molecule has 23 heavy (non-hydrogen) atoms. The predicted molar refractivity (Wildman–Crippen MR) is 97.4 cm³/mol. The lowest BCUT2D eigenvalue weighted by Gasteiger charge is -2.08. The molecule has 4 nitrogen and oxygen atoms in total. The minimum atomic E-state index is 0.527. The molecule has 2 aromatic heterocycles. The van der Waals surface area contributed by atoms with Gasteiger partial charge in [-0.3, -0.25) is 0 Å². The standard InChI is InChI=1S/C14H12ClN3O.2C2H6/c1-9-7-14-16-11(8-13(15)18(14)17-9)10-5-3-4-6-12(10)19-2;2*1-2/h3-8H,1-2H3;2*1-2H3. The number of hydrogen-bond donors (Lipinski definition) is 0. The van der Waals surface area contributed by atoms with Crippen LogP contribution in [-0.2, 0) is 0 Å². The van der Waals surface area contributed by atoms with Crippen molar-refractivity contribution in [3.05, 3.63) is 47.2 Å². The second-order valence-corrected chi connectivity index (χ2v) is 4.61. The van der Waals surface area contributed by atoms with Crippen molar-refractivity contribution < 1.29 is 4.74 Å². The lowest BCUT2D eigenvalue weighted by molar-refractivity contribution is 0.416. The largest absolute Gasteiger partial charge is 0.496 e. The first-order valence-electron chi connectivity index (χ1n) is 7.85. The molecule has 0 aliphatic rings. The van der Waals surface area contributed by atoms with E-state index in [0.29, 0.717) is 5.15 Å². The monoisotopic (exact) mass is 333 g/mol. The van der Waals surface area contributed by atoms with Crippen molar-refractivity contribution >= 4 is 17.2 Å². The lowest BCUT2D eigenvalue weighted by atomic mass is 10.1. The zero-order valence-corrected chi connectivity index (χ0v) is 15.3. The molecule has 0 fully saturated rings. The molecule has 0 bridgehead atoms. The van der Waals surface area contributed by atoms with Gasteiger partial charge in [0.05, 0.1) is 18.5 Å². The summed E-state index contributed by atoms with van der Waals surface area (Å²) in [5.74, 6) is 0.770. The predicted octanol–water partition coefficient (Wildman–Crippen LogP) is 5.42. The van der Waals surface area contributed by atoms with Gasteiger partial charge in [-0.2, -0.15) is 5.10 Å². The normalized spacial score (nSPS) is 9.52. The number of benzene rings is 1. The zero-order valence-electron chi connectivity index (χ0n) is 14.6. The summed E-state index contributed by atoms with van der Waals surface area (Å²) in [4.78, 5) is 4.57. The van der Waals surface area contributed by atoms with Crippen LogP contribution in [0.25, 0.3) is 16.9 Å². The van der Waals surface area contributed by atoms with E-state index in [1.165, 1.54) is 0 Å². The van der Waals surface area contributed by atoms with Gasteiger partial charge in [0, 0.05) is 17.7 Å². The third kappa shape index (κ3) is 4.23. The molecule has 2 heterocycles. The number of fused-ring (bicyclic) bond motifs is 1. The molecule has 0 saturated heterocycles. The van der Waals surface area contributed by atoms with E-state index < -0.39 is 0 Å². The smallest absolute Gasteiger partial charge is 0.157 e. The summed E-state index contributed by atoms with van der Waals surface area (Å²) in [5.41, 5.74) is 3.29. The first-order valence-corrected chi connectivity index (χ1v) is 8.23. The molecule has 0 radical (unpaired) electrons. The molecule has 0 saturated carbocycles. The Morgan fingerprint density at radius 1 is 1.04 bits per heavy atom. The molecule has 0 atom stereocenters. The highest BCUT2D eigenvalue weighted by molar-refractivity contribution is 6.30. The van der Waals surface area contributed by atoms with E-state index in [9.17, 15) is 0 Å². The zero-order chi connectivity index (χ0) is 17.4. The Morgan fingerprint density at radius 2 is 1.70 bits per heavy atom. The number of nitrogens with zero attached hydrogens (tertiary/aromatic N) is 3. The van der Waals surface area contributed by atoms with Crippen molar-refractivity contribution in [2.24, 2.45) is 0 Å². The van der Waals surface area contributed by atoms with E-state index in [-0.39, 0.29) is 0 Å². The summed E-state index contributed by atoms with van der Waals surface area (Å²) in [5, 5.41) is 4.81. The first-order chi connectivity index (χ1) is 11.2. The van der Waals surface area contributed by atoms with Crippen LogP contribution in [0.15, 0.2) is 36.4 Å². The fourth-order valence-corrected chi connectivity index (χ4v) is 2.27. The second kappa shape index (κ2) is 9.16. The number of aromatic nitrogens is 3. The summed E-state index contributed by atoms with van der Waals surface area (Å²) in [6.45, 7) is 9.91. The van der Waals surface area contributed by atoms with Crippen molar-refractivity contribution in [3.8, 4) is 17.0 Å². The van der Waals surface area contributed by atoms with Gasteiger partial charge in [-0.05, 0) is 19.1 Å². The van der Waals surface area contributed by atoms with Gasteiger partial charge in [0.15, 0.2) is 5.65 Å². The van der Waals surface area contributed by atoms with Crippen LogP contribution in [-0.4, -0.2) is 21.7 Å². The van der Waals surface area contributed by atoms with Crippen molar-refractivity contribution in [3.63, 3.8) is 0 Å². The quantitative estimate of drug-likeness (QED) is 0.588. The summed E-state index contributed by atoms with van der Waals surface area (Å²) < 4.78 is 6.97. The van der Waals surface area contributed by atoms with Crippen LogP contribution in [0.4, 0.5) is 0 Å². The molecule has 5 heteroatoms. The van der Waals surface area contributed by atoms with E-state index in [2.05, 4.69) is 10.1 Å². The number of rotatable bonds is 2. The van der Waals surface area contributed by atoms with Crippen LogP contribution in [0, 0.1) is 6.92 Å². The summed E-state index contributed by atoms with van der Waals surface area (Å²) in [7, 11) is 1.64. The highest BCUT2D eigenvalue weighted by Crippen LogP contribution is 2.30. The molecule has 124 valence electrons. The number of ether oxygens (including phenoxy) is 1. The Bertz CT molecular complexity index is 753. The summed E-state index contributed by atoms with van der Waals surface area (Å²) in [6.07, 6.45) is 0. The number of methoxy groups -OCH3 is 1. The van der Waals surface area contributed by atoms with Gasteiger partial charge in [0.1, 0.15) is 10.9 Å². The third-order valence-corrected chi connectivity index (χ3v) is 3.16. The van der Waals surface area contributed by atoms with Gasteiger partial charge in [-0.25, -0.2) is 9.50 Å². The topological polar surface area (TPSA) is 39.4 Å². The SMILES string of the molecule is CC.CC.COc1ccccc1-c1cc(Cl)n2nc(C)cc2n1. The molecule has 0 aliphatic carbocycles. The molecule has 0 amide bonds. The molecule has 3 rings (SSSR count). The van der Waals surface area contributed by atoms with Crippen LogP contribution in [0.5, 0.6) is 5.75 Å². The summed E-state index contributed by atoms with van der Waals surface area (Å²) >= 11 is 6.24. The van der Waals surface area contributed by atoms with Crippen LogP contribution in [0.1, 0.15) is 33.4 Å². The molecular formula is C18H24ClN3O. The van der Waals surface area contributed by atoms with Crippen molar-refractivity contribution in [2.45, 2.75) is 34.6 Å². The average molecular weight is 334 g/mol. The molecule has 3 aromatic rings. The second-order valence-electron chi connectivity index (χ2n) is 4.22. The van der Waals surface area contributed by atoms with Crippen molar-refractivity contribution in [2.75, 3.05) is 7.11 Å². The van der Waals surface area contributed by atoms with E-state index in [4.69, 9.17) is 16.3 Å². The fraction of sp³-hybridized carbons (Fsp3) is 0.333. The van der Waals surface area contributed by atoms with Crippen LogP contribution in [0.2, 0.25) is 5.15 Å². The Morgan fingerprint density at radius 3 is 2.35 bits per heavy atom. The van der Waals surface area contributed by atoms with Gasteiger partial charge in [0.2, 0.25) is 0 Å². The molecule has 0 N–H and O–H groups in total. The number of aryl methyl sites for hydroxylation is 1. The fourth-order valence-electron chi connectivity index (χ4n) is 2.05. The Kier molecular flexibility index (Phi) is 7.55. The highest BCUT2D eigenvalue weighted by atomic mass is 35.5. The molecule has 0 spiro atoms. The molecule has 1 aromatic carbocycles. The lowest BCUT2D eigenvalue weighted by Crippen LogP contribution is -1.96. The maximum Gasteiger partial charge on any atom is 0.157 e. The molecule has 0 aliphatic heterocycles. The average Bonchev–Trinajstić information content (AvgIpc) is 2.99. The van der Waals surface area contributed by atoms with Crippen LogP contribution < -0.4 is 4.74 Å². The maximum absolute atomic E-state index is 6.24. The van der Waals surface area contributed by atoms with E-state index in [1.807, 2.05) is 65.0 Å². The van der Waals surface area contributed by atoms with Gasteiger partial charge >= 0.3 is 0 Å². The Balaban J connectivity index is 0.000000615. The highest BCUT2D eigenvalue weighted by Gasteiger charge is 2.11. The number of para-hydroxylation sites is 1. The van der Waals surface area contributed by atoms with Crippen molar-refractivity contribution in [1.29, 1.82) is 0 Å². The molecular weight excluding hydrogens is 310 g/mol. The minimum absolute atomic E-state index is 0.527. The van der Waals surface area contributed by atoms with Crippen molar-refractivity contribution in [1.82, 2.24) is 14.6 Å². The van der Waals surface area contributed by atoms with Gasteiger partial charge in [0.25, 0.3) is 0 Å². The number of hydrogen-bond acceptors (Lipinski definition) is 3. The van der Waals surface area contributed by atoms with E-state index in [1.54, 1.807) is 17.7 Å². The van der Waals surface area contributed by atoms with Gasteiger partial charge in [-0.1, -0.05) is 51.4 Å².